The van der Waals surface area contributed by atoms with Gasteiger partial charge in [0.05, 0.1) is 11.6 Å². The normalized spacial score (nSPS) is 17.2. The Kier molecular flexibility index (Phi) is 4.66. The summed E-state index contributed by atoms with van der Waals surface area (Å²) in [6.07, 6.45) is 0.117. The summed E-state index contributed by atoms with van der Waals surface area (Å²) in [7, 11) is 0. The van der Waals surface area contributed by atoms with E-state index >= 15 is 0 Å². The van der Waals surface area contributed by atoms with Crippen LogP contribution in [0.2, 0.25) is 0 Å². The molecule has 2 aromatic carbocycles. The molecule has 1 saturated heterocycles. The molecule has 0 aromatic heterocycles. The lowest BCUT2D eigenvalue weighted by atomic mass is 10.1. The molecule has 0 radical (unpaired) electrons. The fourth-order valence-corrected chi connectivity index (χ4v) is 3.13. The molecule has 6 heteroatoms. The van der Waals surface area contributed by atoms with Gasteiger partial charge in [-0.1, -0.05) is 28.1 Å². The zero-order chi connectivity index (χ0) is 17.3. The number of hydrogen-bond donors (Lipinski definition) is 1. The maximum Gasteiger partial charge on any atom is 0.229 e. The number of carbonyl (C=O) groups excluding carboxylic acids is 2. The summed E-state index contributed by atoms with van der Waals surface area (Å²) in [6.45, 7) is 2.11. The Morgan fingerprint density at radius 2 is 2.08 bits per heavy atom. The maximum atomic E-state index is 13.8. The summed E-state index contributed by atoms with van der Waals surface area (Å²) in [5.74, 6) is -1.44. The van der Waals surface area contributed by atoms with Crippen molar-refractivity contribution in [2.24, 2.45) is 5.92 Å². The van der Waals surface area contributed by atoms with Crippen molar-refractivity contribution in [1.82, 2.24) is 0 Å². The third kappa shape index (κ3) is 3.48. The smallest absolute Gasteiger partial charge is 0.229 e. The third-order valence-corrected chi connectivity index (χ3v) is 4.49. The van der Waals surface area contributed by atoms with E-state index in [1.807, 2.05) is 31.2 Å². The number of anilines is 2. The van der Waals surface area contributed by atoms with Gasteiger partial charge in [0.25, 0.3) is 0 Å². The number of aryl methyl sites for hydroxylation is 1. The second-order valence-electron chi connectivity index (χ2n) is 5.86. The van der Waals surface area contributed by atoms with Gasteiger partial charge in [-0.3, -0.25) is 9.59 Å². The second-order valence-corrected chi connectivity index (χ2v) is 6.77. The first kappa shape index (κ1) is 16.6. The van der Waals surface area contributed by atoms with Crippen molar-refractivity contribution in [3.05, 3.63) is 58.3 Å². The Bertz CT molecular complexity index is 809. The minimum atomic E-state index is -0.503. The zero-order valence-electron chi connectivity index (χ0n) is 13.1. The summed E-state index contributed by atoms with van der Waals surface area (Å²) < 4.78 is 14.6. The summed E-state index contributed by atoms with van der Waals surface area (Å²) in [4.78, 5) is 26.2. The van der Waals surface area contributed by atoms with Crippen molar-refractivity contribution in [3.63, 3.8) is 0 Å². The van der Waals surface area contributed by atoms with Gasteiger partial charge in [0, 0.05) is 23.1 Å². The van der Waals surface area contributed by atoms with E-state index in [0.717, 1.165) is 15.7 Å². The topological polar surface area (TPSA) is 49.4 Å². The molecule has 1 heterocycles. The van der Waals surface area contributed by atoms with Crippen LogP contribution in [0.3, 0.4) is 0 Å². The first-order valence-corrected chi connectivity index (χ1v) is 8.36. The summed E-state index contributed by atoms with van der Waals surface area (Å²) in [5, 5.41) is 2.59. The fraction of sp³-hybridized carbons (Fsp3) is 0.222. The average Bonchev–Trinajstić information content (AvgIpc) is 2.93. The highest BCUT2D eigenvalue weighted by atomic mass is 79.9. The van der Waals surface area contributed by atoms with Crippen molar-refractivity contribution in [3.8, 4) is 0 Å². The largest absolute Gasteiger partial charge is 0.323 e. The Hall–Kier alpha value is -2.21. The molecule has 1 atom stereocenters. The molecule has 3 rings (SSSR count). The van der Waals surface area contributed by atoms with E-state index in [9.17, 15) is 14.0 Å². The van der Waals surface area contributed by atoms with E-state index in [-0.39, 0.29) is 30.5 Å². The van der Waals surface area contributed by atoms with Gasteiger partial charge in [-0.2, -0.15) is 0 Å². The lowest BCUT2D eigenvalue weighted by molar-refractivity contribution is -0.122. The van der Waals surface area contributed by atoms with Gasteiger partial charge >= 0.3 is 0 Å². The molecular weight excluding hydrogens is 375 g/mol. The highest BCUT2D eigenvalue weighted by molar-refractivity contribution is 9.10. The highest BCUT2D eigenvalue weighted by Crippen LogP contribution is 2.28. The molecule has 2 aromatic rings. The van der Waals surface area contributed by atoms with Crippen LogP contribution in [0.1, 0.15) is 12.0 Å². The Balaban J connectivity index is 1.73. The molecule has 0 spiro atoms. The quantitative estimate of drug-likeness (QED) is 0.863. The average molecular weight is 391 g/mol. The van der Waals surface area contributed by atoms with Crippen LogP contribution in [0.4, 0.5) is 15.8 Å². The lowest BCUT2D eigenvalue weighted by Gasteiger charge is -2.17. The summed E-state index contributed by atoms with van der Waals surface area (Å²) in [5.41, 5.74) is 1.74. The van der Waals surface area contributed by atoms with Crippen LogP contribution in [0.25, 0.3) is 0 Å². The molecule has 0 aliphatic carbocycles. The number of nitrogens with one attached hydrogen (secondary N) is 1. The van der Waals surface area contributed by atoms with Crippen LogP contribution in [-0.4, -0.2) is 18.4 Å². The van der Waals surface area contributed by atoms with Crippen molar-refractivity contribution in [2.75, 3.05) is 16.8 Å². The zero-order valence-corrected chi connectivity index (χ0v) is 14.6. The van der Waals surface area contributed by atoms with Crippen LogP contribution >= 0.6 is 15.9 Å². The molecule has 1 fully saturated rings. The number of nitrogens with zero attached hydrogens (tertiary/aromatic N) is 1. The van der Waals surface area contributed by atoms with E-state index in [1.54, 1.807) is 17.0 Å². The van der Waals surface area contributed by atoms with Crippen LogP contribution in [-0.2, 0) is 9.59 Å². The standard InChI is InChI=1S/C18H16BrFN2O2/c1-11-5-6-15(20)16(7-11)21-18(24)12-8-17(23)22(10-12)14-4-2-3-13(19)9-14/h2-7,9,12H,8,10H2,1H3,(H,21,24). The van der Waals surface area contributed by atoms with Gasteiger partial charge in [-0.25, -0.2) is 4.39 Å². The molecule has 1 aliphatic heterocycles. The Labute approximate surface area is 147 Å². The van der Waals surface area contributed by atoms with Crippen LogP contribution in [0.5, 0.6) is 0 Å². The first-order chi connectivity index (χ1) is 11.4. The molecular formula is C18H16BrFN2O2. The highest BCUT2D eigenvalue weighted by Gasteiger charge is 2.35. The minimum Gasteiger partial charge on any atom is -0.323 e. The van der Waals surface area contributed by atoms with Crippen LogP contribution in [0.15, 0.2) is 46.9 Å². The SMILES string of the molecule is Cc1ccc(F)c(NC(=O)C2CC(=O)N(c3cccc(Br)c3)C2)c1. The molecule has 1 N–H and O–H groups in total. The van der Waals surface area contributed by atoms with Gasteiger partial charge in [0.15, 0.2) is 0 Å². The predicted molar refractivity (Wildman–Crippen MR) is 94.4 cm³/mol. The van der Waals surface area contributed by atoms with Gasteiger partial charge < -0.3 is 10.2 Å². The molecule has 4 nitrogen and oxygen atoms in total. The van der Waals surface area contributed by atoms with Crippen molar-refractivity contribution >= 4 is 39.1 Å². The lowest BCUT2D eigenvalue weighted by Crippen LogP contribution is -2.28. The van der Waals surface area contributed by atoms with Crippen molar-refractivity contribution in [1.29, 1.82) is 0 Å². The fourth-order valence-electron chi connectivity index (χ4n) is 2.75. The van der Waals surface area contributed by atoms with Crippen molar-refractivity contribution in [2.45, 2.75) is 13.3 Å². The molecule has 1 aliphatic rings. The van der Waals surface area contributed by atoms with Gasteiger partial charge in [-0.15, -0.1) is 0 Å². The van der Waals surface area contributed by atoms with Gasteiger partial charge in [0.1, 0.15) is 5.82 Å². The number of carbonyl (C=O) groups is 2. The summed E-state index contributed by atoms with van der Waals surface area (Å²) in [6, 6.07) is 11.9. The van der Waals surface area contributed by atoms with E-state index < -0.39 is 11.7 Å². The molecule has 1 unspecified atom stereocenters. The van der Waals surface area contributed by atoms with Gasteiger partial charge in [-0.05, 0) is 42.8 Å². The summed E-state index contributed by atoms with van der Waals surface area (Å²) >= 11 is 3.37. The second kappa shape index (κ2) is 6.73. The number of benzene rings is 2. The third-order valence-electron chi connectivity index (χ3n) is 4.00. The molecule has 2 amide bonds. The van der Waals surface area contributed by atoms with E-state index in [4.69, 9.17) is 0 Å². The number of hydrogen-bond acceptors (Lipinski definition) is 2. The van der Waals surface area contributed by atoms with Crippen LogP contribution in [0, 0.1) is 18.7 Å². The van der Waals surface area contributed by atoms with E-state index in [1.165, 1.54) is 6.07 Å². The molecule has 24 heavy (non-hydrogen) atoms. The van der Waals surface area contributed by atoms with Crippen molar-refractivity contribution < 1.29 is 14.0 Å². The number of halogens is 2. The van der Waals surface area contributed by atoms with E-state index in [2.05, 4.69) is 21.2 Å². The number of rotatable bonds is 3. The molecule has 0 bridgehead atoms. The van der Waals surface area contributed by atoms with Gasteiger partial charge in [0.2, 0.25) is 11.8 Å². The first-order valence-electron chi connectivity index (χ1n) is 7.57. The van der Waals surface area contributed by atoms with E-state index in [0.29, 0.717) is 0 Å². The Morgan fingerprint density at radius 1 is 1.29 bits per heavy atom. The predicted octanol–water partition coefficient (Wildman–Crippen LogP) is 3.89. The molecule has 124 valence electrons. The Morgan fingerprint density at radius 3 is 2.83 bits per heavy atom. The molecule has 0 saturated carbocycles. The minimum absolute atomic E-state index is 0.113. The number of amides is 2. The maximum absolute atomic E-state index is 13.8. The van der Waals surface area contributed by atoms with Crippen LogP contribution < -0.4 is 10.2 Å². The monoisotopic (exact) mass is 390 g/mol.